The molecule has 1 aromatic rings. The summed E-state index contributed by atoms with van der Waals surface area (Å²) in [4.78, 5) is 0. The first kappa shape index (κ1) is 11.8. The molecular formula is C12H15FOSi. The van der Waals surface area contributed by atoms with E-state index in [1.807, 2.05) is 0 Å². The van der Waals surface area contributed by atoms with Gasteiger partial charge in [0.2, 0.25) is 0 Å². The van der Waals surface area contributed by atoms with Crippen LogP contribution in [0.4, 0.5) is 4.39 Å². The highest BCUT2D eigenvalue weighted by Gasteiger charge is 2.08. The van der Waals surface area contributed by atoms with Gasteiger partial charge in [-0.2, -0.15) is 0 Å². The molecule has 0 radical (unpaired) electrons. The second kappa shape index (κ2) is 4.50. The van der Waals surface area contributed by atoms with Gasteiger partial charge in [0.15, 0.2) is 11.6 Å². The summed E-state index contributed by atoms with van der Waals surface area (Å²) in [5, 5.41) is 0. The molecule has 0 atom stereocenters. The molecule has 1 rings (SSSR count). The average molecular weight is 222 g/mol. The van der Waals surface area contributed by atoms with Gasteiger partial charge in [0.05, 0.1) is 7.11 Å². The number of rotatable bonds is 1. The minimum absolute atomic E-state index is 0.258. The Kier molecular flexibility index (Phi) is 3.54. The zero-order chi connectivity index (χ0) is 11.5. The van der Waals surface area contributed by atoms with E-state index in [-0.39, 0.29) is 11.6 Å². The van der Waals surface area contributed by atoms with Crippen LogP contribution >= 0.6 is 0 Å². The SMILES string of the molecule is COc1ccc(C#C[Si](C)(C)C)cc1F. The summed E-state index contributed by atoms with van der Waals surface area (Å²) in [6, 6.07) is 4.78. The molecule has 0 unspecified atom stereocenters. The number of methoxy groups -OCH3 is 1. The topological polar surface area (TPSA) is 9.23 Å². The number of halogens is 1. The van der Waals surface area contributed by atoms with Crippen molar-refractivity contribution >= 4 is 8.07 Å². The number of benzene rings is 1. The van der Waals surface area contributed by atoms with Gasteiger partial charge in [-0.15, -0.1) is 5.54 Å². The molecule has 0 N–H and O–H groups in total. The summed E-state index contributed by atoms with van der Waals surface area (Å²) in [5.41, 5.74) is 3.89. The molecule has 0 heterocycles. The summed E-state index contributed by atoms with van der Waals surface area (Å²) < 4.78 is 18.1. The van der Waals surface area contributed by atoms with E-state index >= 15 is 0 Å². The van der Waals surface area contributed by atoms with Crippen LogP contribution in [0.15, 0.2) is 18.2 Å². The van der Waals surface area contributed by atoms with Crippen LogP contribution in [0.3, 0.4) is 0 Å². The van der Waals surface area contributed by atoms with Crippen molar-refractivity contribution in [3.63, 3.8) is 0 Å². The fourth-order valence-corrected chi connectivity index (χ4v) is 1.52. The summed E-state index contributed by atoms with van der Waals surface area (Å²) in [6.07, 6.45) is 0. The molecule has 80 valence electrons. The minimum Gasteiger partial charge on any atom is -0.494 e. The first-order valence-electron chi connectivity index (χ1n) is 4.79. The van der Waals surface area contributed by atoms with Crippen LogP contribution in [0.2, 0.25) is 19.6 Å². The molecule has 1 aromatic carbocycles. The summed E-state index contributed by atoms with van der Waals surface area (Å²) in [5.74, 6) is 2.89. The van der Waals surface area contributed by atoms with Crippen LogP contribution in [0, 0.1) is 17.3 Å². The number of hydrogen-bond donors (Lipinski definition) is 0. The summed E-state index contributed by atoms with van der Waals surface area (Å²) in [6.45, 7) is 6.46. The highest BCUT2D eigenvalue weighted by molar-refractivity contribution is 6.83. The van der Waals surface area contributed by atoms with Gasteiger partial charge in [-0.05, 0) is 18.2 Å². The number of ether oxygens (including phenoxy) is 1. The van der Waals surface area contributed by atoms with Gasteiger partial charge in [0.25, 0.3) is 0 Å². The molecule has 0 fully saturated rings. The predicted octanol–water partition coefficient (Wildman–Crippen LogP) is 3.06. The molecule has 0 aromatic heterocycles. The van der Waals surface area contributed by atoms with Crippen molar-refractivity contribution in [1.82, 2.24) is 0 Å². The molecule has 0 bridgehead atoms. The lowest BCUT2D eigenvalue weighted by Crippen LogP contribution is -2.16. The van der Waals surface area contributed by atoms with Crippen LogP contribution in [-0.2, 0) is 0 Å². The highest BCUT2D eigenvalue weighted by atomic mass is 28.3. The molecule has 0 aliphatic carbocycles. The first-order chi connectivity index (χ1) is 6.92. The van der Waals surface area contributed by atoms with Gasteiger partial charge in [0, 0.05) is 5.56 Å². The van der Waals surface area contributed by atoms with E-state index in [1.54, 1.807) is 12.1 Å². The Labute approximate surface area is 91.3 Å². The third-order valence-corrected chi connectivity index (χ3v) is 2.61. The number of hydrogen-bond acceptors (Lipinski definition) is 1. The molecule has 1 nitrogen and oxygen atoms in total. The summed E-state index contributed by atoms with van der Waals surface area (Å²) in [7, 11) is 0.0561. The molecule has 0 aliphatic heterocycles. The van der Waals surface area contributed by atoms with Crippen LogP contribution in [0.25, 0.3) is 0 Å². The zero-order valence-electron chi connectivity index (χ0n) is 9.52. The Morgan fingerprint density at radius 1 is 1.27 bits per heavy atom. The quantitative estimate of drug-likeness (QED) is 0.524. The Balaban J connectivity index is 2.97. The monoisotopic (exact) mass is 222 g/mol. The van der Waals surface area contributed by atoms with E-state index in [1.165, 1.54) is 13.2 Å². The third-order valence-electron chi connectivity index (χ3n) is 1.73. The molecule has 15 heavy (non-hydrogen) atoms. The van der Waals surface area contributed by atoms with Gasteiger partial charge >= 0.3 is 0 Å². The van der Waals surface area contributed by atoms with Gasteiger partial charge in [0.1, 0.15) is 8.07 Å². The van der Waals surface area contributed by atoms with Crippen molar-refractivity contribution in [2.24, 2.45) is 0 Å². The highest BCUT2D eigenvalue weighted by Crippen LogP contribution is 2.17. The van der Waals surface area contributed by atoms with Crippen molar-refractivity contribution in [3.8, 4) is 17.2 Å². The first-order valence-corrected chi connectivity index (χ1v) is 8.29. The van der Waals surface area contributed by atoms with E-state index in [4.69, 9.17) is 4.74 Å². The van der Waals surface area contributed by atoms with Crippen molar-refractivity contribution < 1.29 is 9.13 Å². The maximum Gasteiger partial charge on any atom is 0.166 e. The molecule has 0 amide bonds. The average Bonchev–Trinajstić information content (AvgIpc) is 2.14. The normalized spacial score (nSPS) is 10.5. The third kappa shape index (κ3) is 3.76. The molecule has 0 saturated heterocycles. The van der Waals surface area contributed by atoms with E-state index in [0.29, 0.717) is 5.56 Å². The Morgan fingerprint density at radius 3 is 2.40 bits per heavy atom. The van der Waals surface area contributed by atoms with Gasteiger partial charge in [-0.3, -0.25) is 0 Å². The van der Waals surface area contributed by atoms with Crippen LogP contribution < -0.4 is 4.74 Å². The molecule has 0 spiro atoms. The molecule has 0 aliphatic rings. The Bertz CT molecular complexity index is 410. The van der Waals surface area contributed by atoms with Gasteiger partial charge < -0.3 is 4.74 Å². The minimum atomic E-state index is -1.39. The van der Waals surface area contributed by atoms with Crippen LogP contribution in [-0.4, -0.2) is 15.2 Å². The van der Waals surface area contributed by atoms with E-state index in [9.17, 15) is 4.39 Å². The van der Waals surface area contributed by atoms with E-state index in [0.717, 1.165) is 0 Å². The lowest BCUT2D eigenvalue weighted by atomic mass is 10.2. The fraction of sp³-hybridized carbons (Fsp3) is 0.333. The van der Waals surface area contributed by atoms with Crippen molar-refractivity contribution in [1.29, 1.82) is 0 Å². The lowest BCUT2D eigenvalue weighted by Gasteiger charge is -2.04. The largest absolute Gasteiger partial charge is 0.494 e. The van der Waals surface area contributed by atoms with Crippen LogP contribution in [0.5, 0.6) is 5.75 Å². The standard InChI is InChI=1S/C12H15FOSi/c1-14-12-6-5-10(9-11(12)13)7-8-15(2,3)4/h5-6,9H,1-4H3. The second-order valence-electron chi connectivity index (χ2n) is 4.35. The molecule has 0 saturated carbocycles. The predicted molar refractivity (Wildman–Crippen MR) is 63.2 cm³/mol. The van der Waals surface area contributed by atoms with E-state index in [2.05, 4.69) is 31.1 Å². The zero-order valence-corrected chi connectivity index (χ0v) is 10.5. The van der Waals surface area contributed by atoms with Crippen molar-refractivity contribution in [3.05, 3.63) is 29.6 Å². The van der Waals surface area contributed by atoms with Crippen LogP contribution in [0.1, 0.15) is 5.56 Å². The maximum absolute atomic E-state index is 13.3. The lowest BCUT2D eigenvalue weighted by molar-refractivity contribution is 0.386. The summed E-state index contributed by atoms with van der Waals surface area (Å²) >= 11 is 0. The second-order valence-corrected chi connectivity index (χ2v) is 9.10. The van der Waals surface area contributed by atoms with Gasteiger partial charge in [-0.25, -0.2) is 4.39 Å². The Hall–Kier alpha value is -1.27. The Morgan fingerprint density at radius 2 is 1.93 bits per heavy atom. The molecule has 3 heteroatoms. The van der Waals surface area contributed by atoms with Gasteiger partial charge in [-0.1, -0.05) is 25.6 Å². The molecular weight excluding hydrogens is 207 g/mol. The maximum atomic E-state index is 13.3. The van der Waals surface area contributed by atoms with E-state index < -0.39 is 8.07 Å². The van der Waals surface area contributed by atoms with Crippen molar-refractivity contribution in [2.75, 3.05) is 7.11 Å². The smallest absolute Gasteiger partial charge is 0.166 e. The van der Waals surface area contributed by atoms with Crippen molar-refractivity contribution in [2.45, 2.75) is 19.6 Å². The fourth-order valence-electron chi connectivity index (χ4n) is 1.00.